The molecule has 3 aromatic carbocycles. The van der Waals surface area contributed by atoms with Crippen molar-refractivity contribution in [3.8, 4) is 5.75 Å². The van der Waals surface area contributed by atoms with Gasteiger partial charge in [-0.1, -0.05) is 34.8 Å². The minimum atomic E-state index is -2.20. The first-order valence-electron chi connectivity index (χ1n) is 10.7. The Labute approximate surface area is 223 Å². The lowest BCUT2D eigenvalue weighted by Gasteiger charge is -2.38. The van der Waals surface area contributed by atoms with E-state index in [1.807, 2.05) is 0 Å². The molecular formula is C24H17Cl3F5N3O2. The highest BCUT2D eigenvalue weighted by Gasteiger charge is 2.31. The van der Waals surface area contributed by atoms with Crippen molar-refractivity contribution >= 4 is 57.8 Å². The Balaban J connectivity index is 1.46. The Morgan fingerprint density at radius 1 is 0.784 bits per heavy atom. The number of nitrogens with one attached hydrogen (secondary N) is 1. The molecule has 1 saturated heterocycles. The van der Waals surface area contributed by atoms with Crippen molar-refractivity contribution in [1.82, 2.24) is 0 Å². The van der Waals surface area contributed by atoms with E-state index >= 15 is 0 Å². The van der Waals surface area contributed by atoms with Crippen LogP contribution in [0.1, 0.15) is 10.4 Å². The molecule has 1 amide bonds. The van der Waals surface area contributed by atoms with Crippen LogP contribution in [-0.2, 0) is 0 Å². The molecule has 0 saturated carbocycles. The molecule has 5 nitrogen and oxygen atoms in total. The summed E-state index contributed by atoms with van der Waals surface area (Å²) < 4.78 is 74.0. The zero-order valence-corrected chi connectivity index (χ0v) is 21.2. The average Bonchev–Trinajstić information content (AvgIpc) is 2.87. The molecule has 1 aliphatic rings. The molecule has 196 valence electrons. The number of carbonyl (C=O) groups is 1. The molecular weight excluding hydrogens is 564 g/mol. The van der Waals surface area contributed by atoms with E-state index in [9.17, 15) is 26.7 Å². The van der Waals surface area contributed by atoms with Crippen LogP contribution in [-0.4, -0.2) is 39.2 Å². The standard InChI is InChI=1S/C24H17Cl3F5N3O2/c1-37-23-14(26)8-11(9-15(23)27)24(36)33-12-2-3-16(13(25)10-12)34-4-6-35(7-5-34)22-20(31)18(29)17(28)19(30)21(22)32/h2-3,8-10H,4-7H2,1H3,(H,33,36). The third-order valence-electron chi connectivity index (χ3n) is 5.79. The molecule has 3 aromatic rings. The number of rotatable bonds is 5. The second-order valence-electron chi connectivity index (χ2n) is 7.99. The van der Waals surface area contributed by atoms with Crippen LogP contribution in [0.4, 0.5) is 39.0 Å². The molecule has 0 aromatic heterocycles. The maximum Gasteiger partial charge on any atom is 0.255 e. The summed E-state index contributed by atoms with van der Waals surface area (Å²) in [7, 11) is 1.40. The topological polar surface area (TPSA) is 44.8 Å². The van der Waals surface area contributed by atoms with Gasteiger partial charge in [0.25, 0.3) is 5.91 Å². The van der Waals surface area contributed by atoms with Gasteiger partial charge in [0.15, 0.2) is 29.0 Å². The van der Waals surface area contributed by atoms with Gasteiger partial charge in [-0.3, -0.25) is 4.79 Å². The van der Waals surface area contributed by atoms with Gasteiger partial charge in [0.05, 0.1) is 27.9 Å². The number of ether oxygens (including phenoxy) is 1. The van der Waals surface area contributed by atoms with Gasteiger partial charge >= 0.3 is 0 Å². The maximum atomic E-state index is 14.2. The van der Waals surface area contributed by atoms with Crippen LogP contribution in [0.5, 0.6) is 5.75 Å². The number of piperazine rings is 1. The van der Waals surface area contributed by atoms with Crippen LogP contribution >= 0.6 is 34.8 Å². The molecule has 0 aliphatic carbocycles. The summed E-state index contributed by atoms with van der Waals surface area (Å²) in [6.07, 6.45) is 0. The van der Waals surface area contributed by atoms with Crippen molar-refractivity contribution in [2.75, 3.05) is 48.4 Å². The minimum absolute atomic E-state index is 0.0217. The third kappa shape index (κ3) is 5.23. The zero-order valence-electron chi connectivity index (χ0n) is 18.9. The minimum Gasteiger partial charge on any atom is -0.494 e. The first-order valence-corrected chi connectivity index (χ1v) is 11.8. The van der Waals surface area contributed by atoms with Gasteiger partial charge in [-0.05, 0) is 30.3 Å². The predicted molar refractivity (Wildman–Crippen MR) is 133 cm³/mol. The first kappa shape index (κ1) is 27.1. The molecule has 1 heterocycles. The number of carbonyl (C=O) groups excluding carboxylic acids is 1. The Morgan fingerprint density at radius 3 is 1.81 bits per heavy atom. The van der Waals surface area contributed by atoms with Crippen molar-refractivity contribution in [3.63, 3.8) is 0 Å². The number of benzene rings is 3. The van der Waals surface area contributed by atoms with Crippen LogP contribution in [0.15, 0.2) is 30.3 Å². The highest BCUT2D eigenvalue weighted by atomic mass is 35.5. The van der Waals surface area contributed by atoms with Crippen molar-refractivity contribution in [1.29, 1.82) is 0 Å². The maximum absolute atomic E-state index is 14.2. The van der Waals surface area contributed by atoms with Crippen molar-refractivity contribution < 1.29 is 31.5 Å². The van der Waals surface area contributed by atoms with Gasteiger partial charge in [-0.25, -0.2) is 22.0 Å². The number of hydrogen-bond donors (Lipinski definition) is 1. The Bertz CT molecular complexity index is 1330. The molecule has 0 unspecified atom stereocenters. The van der Waals surface area contributed by atoms with E-state index in [0.29, 0.717) is 11.4 Å². The quantitative estimate of drug-likeness (QED) is 0.202. The molecule has 0 bridgehead atoms. The van der Waals surface area contributed by atoms with Gasteiger partial charge in [-0.2, -0.15) is 0 Å². The highest BCUT2D eigenvalue weighted by Crippen LogP contribution is 2.35. The number of hydrogen-bond acceptors (Lipinski definition) is 4. The fourth-order valence-corrected chi connectivity index (χ4v) is 4.91. The molecule has 1 N–H and O–H groups in total. The Morgan fingerprint density at radius 2 is 1.30 bits per heavy atom. The van der Waals surface area contributed by atoms with Crippen molar-refractivity contribution in [2.45, 2.75) is 0 Å². The van der Waals surface area contributed by atoms with E-state index in [1.54, 1.807) is 17.0 Å². The lowest BCUT2D eigenvalue weighted by Crippen LogP contribution is -2.47. The van der Waals surface area contributed by atoms with Gasteiger partial charge in [0.2, 0.25) is 5.82 Å². The molecule has 0 atom stereocenters. The summed E-state index contributed by atoms with van der Waals surface area (Å²) in [5.41, 5.74) is 0.174. The fraction of sp³-hybridized carbons (Fsp3) is 0.208. The van der Waals surface area contributed by atoms with E-state index in [1.165, 1.54) is 25.3 Å². The van der Waals surface area contributed by atoms with Gasteiger partial charge < -0.3 is 19.9 Å². The SMILES string of the molecule is COc1c(Cl)cc(C(=O)Nc2ccc(N3CCN(c4c(F)c(F)c(F)c(F)c4F)CC3)c(Cl)c2)cc1Cl. The summed E-state index contributed by atoms with van der Waals surface area (Å²) in [6.45, 7) is 0.333. The largest absolute Gasteiger partial charge is 0.494 e. The number of halogens is 8. The van der Waals surface area contributed by atoms with Crippen LogP contribution in [0, 0.1) is 29.1 Å². The van der Waals surface area contributed by atoms with E-state index in [-0.39, 0.29) is 52.6 Å². The number of anilines is 3. The van der Waals surface area contributed by atoms with Crippen LogP contribution < -0.4 is 19.9 Å². The van der Waals surface area contributed by atoms with E-state index in [0.717, 1.165) is 4.90 Å². The first-order chi connectivity index (χ1) is 17.5. The van der Waals surface area contributed by atoms with Crippen LogP contribution in [0.2, 0.25) is 15.1 Å². The van der Waals surface area contributed by atoms with E-state index in [2.05, 4.69) is 5.32 Å². The second kappa shape index (κ2) is 10.8. The molecule has 1 aliphatic heterocycles. The lowest BCUT2D eigenvalue weighted by atomic mass is 10.1. The van der Waals surface area contributed by atoms with Crippen molar-refractivity contribution in [3.05, 3.63) is 80.0 Å². The van der Waals surface area contributed by atoms with E-state index < -0.39 is 40.7 Å². The molecule has 1 fully saturated rings. The second-order valence-corrected chi connectivity index (χ2v) is 9.21. The molecule has 37 heavy (non-hydrogen) atoms. The number of methoxy groups -OCH3 is 1. The summed E-state index contributed by atoms with van der Waals surface area (Å²) in [4.78, 5) is 15.5. The molecule has 0 spiro atoms. The Hall–Kier alpha value is -2.95. The fourth-order valence-electron chi connectivity index (χ4n) is 3.97. The molecule has 0 radical (unpaired) electrons. The van der Waals surface area contributed by atoms with Gasteiger partial charge in [0, 0.05) is 37.4 Å². The summed E-state index contributed by atoms with van der Waals surface area (Å²) >= 11 is 18.6. The van der Waals surface area contributed by atoms with Crippen LogP contribution in [0.25, 0.3) is 0 Å². The Kier molecular flexibility index (Phi) is 7.91. The number of amides is 1. The summed E-state index contributed by atoms with van der Waals surface area (Å²) in [6, 6.07) is 7.56. The monoisotopic (exact) mass is 579 g/mol. The third-order valence-corrected chi connectivity index (χ3v) is 6.66. The summed E-state index contributed by atoms with van der Waals surface area (Å²) in [5, 5.41) is 3.29. The summed E-state index contributed by atoms with van der Waals surface area (Å²) in [5.74, 6) is -10.2. The lowest BCUT2D eigenvalue weighted by molar-refractivity contribution is 0.102. The van der Waals surface area contributed by atoms with Gasteiger partial charge in [-0.15, -0.1) is 0 Å². The predicted octanol–water partition coefficient (Wildman–Crippen LogP) is 6.93. The van der Waals surface area contributed by atoms with Gasteiger partial charge in [0.1, 0.15) is 5.69 Å². The normalized spacial score (nSPS) is 13.6. The average molecular weight is 581 g/mol. The van der Waals surface area contributed by atoms with E-state index in [4.69, 9.17) is 39.5 Å². The number of nitrogens with zero attached hydrogens (tertiary/aromatic N) is 2. The highest BCUT2D eigenvalue weighted by molar-refractivity contribution is 6.38. The molecule has 4 rings (SSSR count). The smallest absolute Gasteiger partial charge is 0.255 e. The molecule has 13 heteroatoms. The van der Waals surface area contributed by atoms with Crippen molar-refractivity contribution in [2.24, 2.45) is 0 Å². The van der Waals surface area contributed by atoms with Crippen LogP contribution in [0.3, 0.4) is 0 Å². The zero-order chi connectivity index (χ0) is 27.0.